The van der Waals surface area contributed by atoms with E-state index in [4.69, 9.17) is 5.11 Å². The SMILES string of the molecule is CCN(Cc1ccccn1)C(=O)C(C)=C(C)C(=O)O. The van der Waals surface area contributed by atoms with Crippen LogP contribution in [-0.2, 0) is 16.1 Å². The number of aliphatic carboxylic acids is 1. The van der Waals surface area contributed by atoms with Crippen LogP contribution >= 0.6 is 0 Å². The number of amides is 1. The summed E-state index contributed by atoms with van der Waals surface area (Å²) >= 11 is 0. The first-order valence-electron chi connectivity index (χ1n) is 6.07. The van der Waals surface area contributed by atoms with Crippen molar-refractivity contribution < 1.29 is 14.7 Å². The number of pyridine rings is 1. The van der Waals surface area contributed by atoms with Crippen molar-refractivity contribution in [2.75, 3.05) is 6.54 Å². The Morgan fingerprint density at radius 1 is 1.26 bits per heavy atom. The molecule has 0 aliphatic carbocycles. The molecule has 5 nitrogen and oxygen atoms in total. The van der Waals surface area contributed by atoms with Gasteiger partial charge in [-0.3, -0.25) is 9.78 Å². The third-order valence-electron chi connectivity index (χ3n) is 2.95. The van der Waals surface area contributed by atoms with Crippen molar-refractivity contribution in [3.63, 3.8) is 0 Å². The van der Waals surface area contributed by atoms with Gasteiger partial charge in [0.15, 0.2) is 0 Å². The van der Waals surface area contributed by atoms with Crippen molar-refractivity contribution in [3.8, 4) is 0 Å². The predicted molar refractivity (Wildman–Crippen MR) is 71.3 cm³/mol. The molecule has 0 fully saturated rings. The van der Waals surface area contributed by atoms with Crippen molar-refractivity contribution >= 4 is 11.9 Å². The Morgan fingerprint density at radius 2 is 1.95 bits per heavy atom. The number of rotatable bonds is 5. The van der Waals surface area contributed by atoms with Crippen LogP contribution in [0.4, 0.5) is 0 Å². The summed E-state index contributed by atoms with van der Waals surface area (Å²) in [6.07, 6.45) is 1.67. The number of nitrogens with zero attached hydrogens (tertiary/aromatic N) is 2. The van der Waals surface area contributed by atoms with Gasteiger partial charge in [-0.1, -0.05) is 6.07 Å². The Bertz CT molecular complexity index is 495. The molecule has 19 heavy (non-hydrogen) atoms. The van der Waals surface area contributed by atoms with E-state index in [1.54, 1.807) is 17.2 Å². The second-order valence-electron chi connectivity index (χ2n) is 4.20. The zero-order valence-corrected chi connectivity index (χ0v) is 11.4. The molecule has 0 radical (unpaired) electrons. The topological polar surface area (TPSA) is 70.5 Å². The van der Waals surface area contributed by atoms with Crippen LogP contribution in [0, 0.1) is 0 Å². The van der Waals surface area contributed by atoms with Crippen LogP contribution in [-0.4, -0.2) is 33.4 Å². The third-order valence-corrected chi connectivity index (χ3v) is 2.95. The number of hydrogen-bond acceptors (Lipinski definition) is 3. The maximum absolute atomic E-state index is 12.2. The standard InChI is InChI=1S/C14H18N2O3/c1-4-16(9-12-7-5-6-8-15-12)13(17)10(2)11(3)14(18)19/h5-8H,4,9H2,1-3H3,(H,18,19). The predicted octanol–water partition coefficient (Wildman–Crippen LogP) is 1.85. The highest BCUT2D eigenvalue weighted by Crippen LogP contribution is 2.10. The van der Waals surface area contributed by atoms with E-state index in [0.717, 1.165) is 5.69 Å². The second kappa shape index (κ2) is 6.68. The fourth-order valence-electron chi connectivity index (χ4n) is 1.57. The van der Waals surface area contributed by atoms with Gasteiger partial charge in [0.1, 0.15) is 0 Å². The number of carboxylic acids is 1. The highest BCUT2D eigenvalue weighted by Gasteiger charge is 2.18. The molecule has 0 atom stereocenters. The fourth-order valence-corrected chi connectivity index (χ4v) is 1.57. The molecule has 102 valence electrons. The summed E-state index contributed by atoms with van der Waals surface area (Å²) in [6, 6.07) is 5.49. The zero-order valence-electron chi connectivity index (χ0n) is 11.4. The van der Waals surface area contributed by atoms with E-state index in [9.17, 15) is 9.59 Å². The maximum Gasteiger partial charge on any atom is 0.331 e. The van der Waals surface area contributed by atoms with Crippen molar-refractivity contribution in [1.82, 2.24) is 9.88 Å². The first-order chi connectivity index (χ1) is 8.97. The van der Waals surface area contributed by atoms with Crippen LogP contribution in [0.25, 0.3) is 0 Å². The molecule has 0 saturated carbocycles. The van der Waals surface area contributed by atoms with Gasteiger partial charge in [0.2, 0.25) is 5.91 Å². The first kappa shape index (κ1) is 14.9. The third kappa shape index (κ3) is 3.91. The summed E-state index contributed by atoms with van der Waals surface area (Å²) in [6.45, 7) is 5.70. The molecule has 1 aromatic rings. The molecule has 1 rings (SSSR count). The van der Waals surface area contributed by atoms with Gasteiger partial charge in [0.05, 0.1) is 12.2 Å². The van der Waals surface area contributed by atoms with E-state index >= 15 is 0 Å². The number of aromatic nitrogens is 1. The molecular formula is C14H18N2O3. The molecule has 1 amide bonds. The Morgan fingerprint density at radius 3 is 2.42 bits per heavy atom. The molecule has 0 saturated heterocycles. The number of carboxylic acid groups (broad SMARTS) is 1. The summed E-state index contributed by atoms with van der Waals surface area (Å²) < 4.78 is 0. The average molecular weight is 262 g/mol. The minimum absolute atomic E-state index is 0.0736. The average Bonchev–Trinajstić information content (AvgIpc) is 2.43. The van der Waals surface area contributed by atoms with Crippen LogP contribution in [0.3, 0.4) is 0 Å². The van der Waals surface area contributed by atoms with Crippen molar-refractivity contribution in [1.29, 1.82) is 0 Å². The normalized spacial score (nSPS) is 11.7. The fraction of sp³-hybridized carbons (Fsp3) is 0.357. The smallest absolute Gasteiger partial charge is 0.331 e. The monoisotopic (exact) mass is 262 g/mol. The largest absolute Gasteiger partial charge is 0.478 e. The first-order valence-corrected chi connectivity index (χ1v) is 6.07. The number of carbonyl (C=O) groups excluding carboxylic acids is 1. The molecule has 0 bridgehead atoms. The lowest BCUT2D eigenvalue weighted by atomic mass is 10.1. The number of likely N-dealkylation sites (N-methyl/N-ethyl adjacent to an activating group) is 1. The summed E-state index contributed by atoms with van der Waals surface area (Å²) in [5.41, 5.74) is 1.10. The van der Waals surface area contributed by atoms with Crippen LogP contribution in [0.2, 0.25) is 0 Å². The maximum atomic E-state index is 12.2. The molecular weight excluding hydrogens is 244 g/mol. The minimum Gasteiger partial charge on any atom is -0.478 e. The molecule has 1 aromatic heterocycles. The number of carbonyl (C=O) groups is 2. The molecule has 0 aromatic carbocycles. The van der Waals surface area contributed by atoms with Gasteiger partial charge < -0.3 is 10.0 Å². The van der Waals surface area contributed by atoms with Crippen LogP contribution in [0.15, 0.2) is 35.5 Å². The molecule has 0 aliphatic rings. The van der Waals surface area contributed by atoms with E-state index < -0.39 is 5.97 Å². The Hall–Kier alpha value is -2.17. The second-order valence-corrected chi connectivity index (χ2v) is 4.20. The highest BCUT2D eigenvalue weighted by atomic mass is 16.4. The number of hydrogen-bond donors (Lipinski definition) is 1. The molecule has 1 heterocycles. The Balaban J connectivity index is 2.89. The van der Waals surface area contributed by atoms with Gasteiger partial charge in [-0.25, -0.2) is 4.79 Å². The lowest BCUT2D eigenvalue weighted by Crippen LogP contribution is -2.32. The quantitative estimate of drug-likeness (QED) is 0.822. The van der Waals surface area contributed by atoms with E-state index in [2.05, 4.69) is 4.98 Å². The van der Waals surface area contributed by atoms with Crippen molar-refractivity contribution in [3.05, 3.63) is 41.2 Å². The lowest BCUT2D eigenvalue weighted by Gasteiger charge is -2.21. The summed E-state index contributed by atoms with van der Waals surface area (Å²) in [5.74, 6) is -1.34. The van der Waals surface area contributed by atoms with E-state index in [0.29, 0.717) is 13.1 Å². The molecule has 1 N–H and O–H groups in total. The van der Waals surface area contributed by atoms with E-state index in [1.165, 1.54) is 13.8 Å². The summed E-state index contributed by atoms with van der Waals surface area (Å²) in [7, 11) is 0. The van der Waals surface area contributed by atoms with E-state index in [-0.39, 0.29) is 17.1 Å². The van der Waals surface area contributed by atoms with Crippen molar-refractivity contribution in [2.24, 2.45) is 0 Å². The van der Waals surface area contributed by atoms with Crippen molar-refractivity contribution in [2.45, 2.75) is 27.3 Å². The van der Waals surface area contributed by atoms with Crippen LogP contribution in [0.5, 0.6) is 0 Å². The minimum atomic E-state index is -1.07. The van der Waals surface area contributed by atoms with Gasteiger partial charge in [-0.05, 0) is 32.9 Å². The van der Waals surface area contributed by atoms with Crippen LogP contribution in [0.1, 0.15) is 26.5 Å². The van der Waals surface area contributed by atoms with Gasteiger partial charge >= 0.3 is 5.97 Å². The summed E-state index contributed by atoms with van der Waals surface area (Å²) in [4.78, 5) is 28.8. The van der Waals surface area contributed by atoms with Gasteiger partial charge in [0, 0.05) is 23.9 Å². The Labute approximate surface area is 112 Å². The molecule has 0 aliphatic heterocycles. The summed E-state index contributed by atoms with van der Waals surface area (Å²) in [5, 5.41) is 8.90. The van der Waals surface area contributed by atoms with Gasteiger partial charge in [0.25, 0.3) is 0 Å². The molecule has 5 heteroatoms. The highest BCUT2D eigenvalue weighted by molar-refractivity contribution is 6.01. The zero-order chi connectivity index (χ0) is 14.4. The van der Waals surface area contributed by atoms with Crippen LogP contribution < -0.4 is 0 Å². The van der Waals surface area contributed by atoms with Gasteiger partial charge in [-0.15, -0.1) is 0 Å². The lowest BCUT2D eigenvalue weighted by molar-refractivity contribution is -0.134. The van der Waals surface area contributed by atoms with E-state index in [1.807, 2.05) is 19.1 Å². The van der Waals surface area contributed by atoms with Gasteiger partial charge in [-0.2, -0.15) is 0 Å². The molecule has 0 spiro atoms. The molecule has 0 unspecified atom stereocenters. The Kier molecular flexibility index (Phi) is 5.23.